The standard InChI is InChI=1S/C15H17BrN2O2/c1-11-3-2-6-15(8-11,10-17)9-12-4-5-13(16)7-14(12)18(19)20/h4-5,7,11H,2-3,6,8-9H2,1H3. The first-order chi connectivity index (χ1) is 9.46. The van der Waals surface area contributed by atoms with E-state index in [-0.39, 0.29) is 10.6 Å². The Labute approximate surface area is 127 Å². The van der Waals surface area contributed by atoms with Gasteiger partial charge in [0.1, 0.15) is 0 Å². The summed E-state index contributed by atoms with van der Waals surface area (Å²) in [5.74, 6) is 0.512. The van der Waals surface area contributed by atoms with E-state index in [0.29, 0.717) is 22.4 Å². The molecule has 1 aromatic carbocycles. The maximum absolute atomic E-state index is 11.2. The third-order valence-electron chi connectivity index (χ3n) is 4.10. The zero-order chi connectivity index (χ0) is 14.8. The second-order valence-electron chi connectivity index (χ2n) is 5.80. The van der Waals surface area contributed by atoms with Gasteiger partial charge in [-0.25, -0.2) is 0 Å². The molecule has 4 nitrogen and oxygen atoms in total. The Morgan fingerprint density at radius 1 is 1.60 bits per heavy atom. The molecule has 5 heteroatoms. The van der Waals surface area contributed by atoms with Crippen LogP contribution in [0.1, 0.15) is 38.2 Å². The van der Waals surface area contributed by atoms with Gasteiger partial charge in [-0.1, -0.05) is 41.8 Å². The van der Waals surface area contributed by atoms with E-state index in [4.69, 9.17) is 0 Å². The molecule has 20 heavy (non-hydrogen) atoms. The number of nitro groups is 1. The van der Waals surface area contributed by atoms with Crippen LogP contribution in [0.3, 0.4) is 0 Å². The summed E-state index contributed by atoms with van der Waals surface area (Å²) in [6, 6.07) is 7.53. The number of nitriles is 1. The van der Waals surface area contributed by atoms with Crippen LogP contribution in [0, 0.1) is 32.8 Å². The van der Waals surface area contributed by atoms with Crippen LogP contribution in [0.15, 0.2) is 22.7 Å². The third kappa shape index (κ3) is 3.18. The van der Waals surface area contributed by atoms with E-state index in [1.807, 2.05) is 0 Å². The van der Waals surface area contributed by atoms with Crippen LogP contribution < -0.4 is 0 Å². The van der Waals surface area contributed by atoms with E-state index < -0.39 is 5.41 Å². The highest BCUT2D eigenvalue weighted by molar-refractivity contribution is 9.10. The highest BCUT2D eigenvalue weighted by Gasteiger charge is 2.36. The monoisotopic (exact) mass is 336 g/mol. The van der Waals surface area contributed by atoms with Crippen molar-refractivity contribution in [2.45, 2.75) is 39.0 Å². The molecular formula is C15H17BrN2O2. The molecule has 0 saturated heterocycles. The Kier molecular flexibility index (Phi) is 4.44. The summed E-state index contributed by atoms with van der Waals surface area (Å²) in [6.07, 6.45) is 4.31. The molecule has 0 radical (unpaired) electrons. The van der Waals surface area contributed by atoms with E-state index in [2.05, 4.69) is 28.9 Å². The first-order valence-corrected chi connectivity index (χ1v) is 7.59. The minimum atomic E-state index is -0.448. The Morgan fingerprint density at radius 2 is 2.35 bits per heavy atom. The van der Waals surface area contributed by atoms with Gasteiger partial charge in [-0.05, 0) is 31.2 Å². The molecule has 1 saturated carbocycles. The Bertz CT molecular complexity index is 567. The lowest BCUT2D eigenvalue weighted by atomic mass is 9.68. The Hall–Kier alpha value is -1.41. The van der Waals surface area contributed by atoms with Crippen LogP contribution in [-0.4, -0.2) is 4.92 Å². The number of benzene rings is 1. The average Bonchev–Trinajstić information content (AvgIpc) is 2.40. The summed E-state index contributed by atoms with van der Waals surface area (Å²) >= 11 is 3.26. The van der Waals surface area contributed by atoms with Crippen LogP contribution >= 0.6 is 15.9 Å². The molecule has 106 valence electrons. The number of nitrogens with zero attached hydrogens (tertiary/aromatic N) is 2. The smallest absolute Gasteiger partial charge is 0.258 e. The molecule has 0 bridgehead atoms. The largest absolute Gasteiger partial charge is 0.273 e. The molecule has 1 fully saturated rings. The Morgan fingerprint density at radius 3 is 2.95 bits per heavy atom. The van der Waals surface area contributed by atoms with E-state index in [9.17, 15) is 15.4 Å². The molecule has 1 aliphatic rings. The molecule has 1 aliphatic carbocycles. The van der Waals surface area contributed by atoms with Gasteiger partial charge in [0.2, 0.25) is 0 Å². The van der Waals surface area contributed by atoms with Crippen molar-refractivity contribution in [1.29, 1.82) is 5.26 Å². The van der Waals surface area contributed by atoms with Gasteiger partial charge in [-0.15, -0.1) is 0 Å². The van der Waals surface area contributed by atoms with Crippen LogP contribution in [0.5, 0.6) is 0 Å². The number of hydrogen-bond acceptors (Lipinski definition) is 3. The summed E-state index contributed by atoms with van der Waals surface area (Å²) in [5, 5.41) is 20.8. The molecule has 0 heterocycles. The van der Waals surface area contributed by atoms with E-state index in [1.165, 1.54) is 6.07 Å². The zero-order valence-electron chi connectivity index (χ0n) is 11.4. The quantitative estimate of drug-likeness (QED) is 0.597. The molecule has 2 atom stereocenters. The lowest BCUT2D eigenvalue weighted by Gasteiger charge is -2.34. The van der Waals surface area contributed by atoms with E-state index in [0.717, 1.165) is 25.7 Å². The van der Waals surface area contributed by atoms with Gasteiger partial charge in [-0.2, -0.15) is 5.26 Å². The normalized spacial score (nSPS) is 25.9. The van der Waals surface area contributed by atoms with Crippen LogP contribution in [-0.2, 0) is 6.42 Å². The maximum atomic E-state index is 11.2. The predicted molar refractivity (Wildman–Crippen MR) is 80.2 cm³/mol. The van der Waals surface area contributed by atoms with Crippen molar-refractivity contribution in [3.63, 3.8) is 0 Å². The van der Waals surface area contributed by atoms with Gasteiger partial charge in [0, 0.05) is 16.1 Å². The second kappa shape index (κ2) is 5.92. The SMILES string of the molecule is CC1CCCC(C#N)(Cc2ccc(Br)cc2[N+](=O)[O-])C1. The van der Waals surface area contributed by atoms with Gasteiger partial charge in [-0.3, -0.25) is 10.1 Å². The number of hydrogen-bond donors (Lipinski definition) is 0. The van der Waals surface area contributed by atoms with E-state index in [1.54, 1.807) is 12.1 Å². The molecule has 0 aliphatic heterocycles. The van der Waals surface area contributed by atoms with Crippen molar-refractivity contribution >= 4 is 21.6 Å². The molecule has 0 spiro atoms. The fraction of sp³-hybridized carbons (Fsp3) is 0.533. The Balaban J connectivity index is 2.33. The lowest BCUT2D eigenvalue weighted by Crippen LogP contribution is -2.28. The third-order valence-corrected chi connectivity index (χ3v) is 4.59. The van der Waals surface area contributed by atoms with Crippen LogP contribution in [0.4, 0.5) is 5.69 Å². The van der Waals surface area contributed by atoms with Gasteiger partial charge in [0.25, 0.3) is 5.69 Å². The van der Waals surface area contributed by atoms with Crippen molar-refractivity contribution in [3.05, 3.63) is 38.3 Å². The zero-order valence-corrected chi connectivity index (χ0v) is 13.0. The van der Waals surface area contributed by atoms with Crippen molar-refractivity contribution < 1.29 is 4.92 Å². The molecule has 1 aromatic rings. The molecule has 0 aromatic heterocycles. The molecule has 0 N–H and O–H groups in total. The van der Waals surface area contributed by atoms with Gasteiger partial charge >= 0.3 is 0 Å². The van der Waals surface area contributed by atoms with Crippen molar-refractivity contribution in [1.82, 2.24) is 0 Å². The van der Waals surface area contributed by atoms with Gasteiger partial charge in [0.15, 0.2) is 0 Å². The summed E-state index contributed by atoms with van der Waals surface area (Å²) in [5.41, 5.74) is 0.317. The topological polar surface area (TPSA) is 66.9 Å². The van der Waals surface area contributed by atoms with Crippen LogP contribution in [0.25, 0.3) is 0 Å². The minimum absolute atomic E-state index is 0.104. The highest BCUT2D eigenvalue weighted by atomic mass is 79.9. The van der Waals surface area contributed by atoms with Crippen molar-refractivity contribution in [2.24, 2.45) is 11.3 Å². The molecular weight excluding hydrogens is 320 g/mol. The van der Waals surface area contributed by atoms with Crippen LogP contribution in [0.2, 0.25) is 0 Å². The molecule has 2 rings (SSSR count). The highest BCUT2D eigenvalue weighted by Crippen LogP contribution is 2.42. The summed E-state index contributed by atoms with van der Waals surface area (Å²) in [6.45, 7) is 2.15. The maximum Gasteiger partial charge on any atom is 0.273 e. The average molecular weight is 337 g/mol. The fourth-order valence-electron chi connectivity index (χ4n) is 3.18. The van der Waals surface area contributed by atoms with Crippen molar-refractivity contribution in [2.75, 3.05) is 0 Å². The van der Waals surface area contributed by atoms with Gasteiger partial charge < -0.3 is 0 Å². The molecule has 0 amide bonds. The molecule has 2 unspecified atom stereocenters. The van der Waals surface area contributed by atoms with Gasteiger partial charge in [0.05, 0.1) is 16.4 Å². The number of rotatable bonds is 3. The predicted octanol–water partition coefficient (Wildman–Crippen LogP) is 4.62. The summed E-state index contributed by atoms with van der Waals surface area (Å²) in [7, 11) is 0. The number of halogens is 1. The number of nitro benzene ring substituents is 1. The minimum Gasteiger partial charge on any atom is -0.258 e. The summed E-state index contributed by atoms with van der Waals surface area (Å²) < 4.78 is 0.691. The van der Waals surface area contributed by atoms with E-state index >= 15 is 0 Å². The lowest BCUT2D eigenvalue weighted by molar-refractivity contribution is -0.385. The first-order valence-electron chi connectivity index (χ1n) is 6.80. The first kappa shape index (κ1) is 15.0. The van der Waals surface area contributed by atoms with Crippen molar-refractivity contribution in [3.8, 4) is 6.07 Å². The second-order valence-corrected chi connectivity index (χ2v) is 6.72. The fourth-order valence-corrected chi connectivity index (χ4v) is 3.53. The summed E-state index contributed by atoms with van der Waals surface area (Å²) in [4.78, 5) is 10.8.